The minimum Gasteiger partial charge on any atom is -0.349 e. The van der Waals surface area contributed by atoms with Gasteiger partial charge in [0.15, 0.2) is 0 Å². The molecule has 1 heterocycles. The van der Waals surface area contributed by atoms with E-state index in [1.54, 1.807) is 12.3 Å². The molecule has 0 saturated heterocycles. The summed E-state index contributed by atoms with van der Waals surface area (Å²) in [5.41, 5.74) is 4.55. The summed E-state index contributed by atoms with van der Waals surface area (Å²) >= 11 is 0. The monoisotopic (exact) mass is 276 g/mol. The Hall–Kier alpha value is -1.62. The Kier molecular flexibility index (Phi) is 4.95. The number of hydrogen-bond acceptors (Lipinski definition) is 4. The summed E-state index contributed by atoms with van der Waals surface area (Å²) < 4.78 is 0. The van der Waals surface area contributed by atoms with Crippen molar-refractivity contribution in [2.75, 3.05) is 5.43 Å². The summed E-state index contributed by atoms with van der Waals surface area (Å²) in [4.78, 5) is 16.6. The zero-order valence-electron chi connectivity index (χ0n) is 12.3. The number of rotatable bonds is 4. The molecule has 1 aliphatic carbocycles. The maximum atomic E-state index is 12.4. The molecule has 110 valence electrons. The van der Waals surface area contributed by atoms with Crippen molar-refractivity contribution in [2.24, 2.45) is 11.8 Å². The lowest BCUT2D eigenvalue weighted by Gasteiger charge is -2.31. The third kappa shape index (κ3) is 3.28. The number of amides is 1. The number of aromatic nitrogens is 1. The maximum Gasteiger partial charge on any atom is 0.255 e. The van der Waals surface area contributed by atoms with Crippen molar-refractivity contribution in [2.45, 2.75) is 52.0 Å². The van der Waals surface area contributed by atoms with Gasteiger partial charge in [0.25, 0.3) is 5.91 Å². The lowest BCUT2D eigenvalue weighted by molar-refractivity contribution is 0.0905. The number of carbonyl (C=O) groups excluding carboxylic acids is 1. The number of aryl methyl sites for hydroxylation is 1. The largest absolute Gasteiger partial charge is 0.349 e. The number of nitrogen functional groups attached to an aromatic ring is 1. The molecule has 1 aromatic rings. The predicted octanol–water partition coefficient (Wildman–Crippen LogP) is 2.37. The SMILES string of the molecule is CCC1CCCCC1NC(=O)c1cnc(C)cc1NN. The lowest BCUT2D eigenvalue weighted by atomic mass is 9.83. The average Bonchev–Trinajstić information content (AvgIpc) is 2.47. The Morgan fingerprint density at radius 2 is 2.20 bits per heavy atom. The second-order valence-corrected chi connectivity index (χ2v) is 5.55. The Morgan fingerprint density at radius 1 is 1.45 bits per heavy atom. The highest BCUT2D eigenvalue weighted by atomic mass is 16.1. The van der Waals surface area contributed by atoms with E-state index in [0.29, 0.717) is 17.2 Å². The number of anilines is 1. The molecule has 2 atom stereocenters. The van der Waals surface area contributed by atoms with E-state index in [1.165, 1.54) is 19.3 Å². The molecule has 0 bridgehead atoms. The van der Waals surface area contributed by atoms with Crippen LogP contribution in [0.5, 0.6) is 0 Å². The Balaban J connectivity index is 2.11. The lowest BCUT2D eigenvalue weighted by Crippen LogP contribution is -2.42. The Morgan fingerprint density at radius 3 is 2.90 bits per heavy atom. The third-order valence-electron chi connectivity index (χ3n) is 4.19. The van der Waals surface area contributed by atoms with Gasteiger partial charge in [0.05, 0.1) is 11.3 Å². The summed E-state index contributed by atoms with van der Waals surface area (Å²) in [7, 11) is 0. The molecule has 0 aromatic carbocycles. The molecule has 1 aliphatic rings. The van der Waals surface area contributed by atoms with Crippen molar-refractivity contribution in [1.82, 2.24) is 10.3 Å². The van der Waals surface area contributed by atoms with Gasteiger partial charge in [-0.1, -0.05) is 26.2 Å². The van der Waals surface area contributed by atoms with E-state index in [2.05, 4.69) is 22.7 Å². The van der Waals surface area contributed by atoms with Crippen LogP contribution >= 0.6 is 0 Å². The van der Waals surface area contributed by atoms with Gasteiger partial charge >= 0.3 is 0 Å². The topological polar surface area (TPSA) is 80.0 Å². The summed E-state index contributed by atoms with van der Waals surface area (Å²) in [5.74, 6) is 5.98. The standard InChI is InChI=1S/C15H24N4O/c1-3-11-6-4-5-7-13(11)18-15(20)12-9-17-10(2)8-14(12)19-16/h8-9,11,13H,3-7,16H2,1-2H3,(H,17,19)(H,18,20). The first-order valence-corrected chi connectivity index (χ1v) is 7.39. The highest BCUT2D eigenvalue weighted by Gasteiger charge is 2.26. The second-order valence-electron chi connectivity index (χ2n) is 5.55. The molecule has 2 rings (SSSR count). The van der Waals surface area contributed by atoms with E-state index < -0.39 is 0 Å². The maximum absolute atomic E-state index is 12.4. The Bertz CT molecular complexity index is 475. The van der Waals surface area contributed by atoms with Crippen molar-refractivity contribution >= 4 is 11.6 Å². The molecule has 1 aromatic heterocycles. The highest BCUT2D eigenvalue weighted by molar-refractivity contribution is 5.99. The van der Waals surface area contributed by atoms with Crippen LogP contribution in [0.4, 0.5) is 5.69 Å². The number of nitrogens with two attached hydrogens (primary N) is 1. The van der Waals surface area contributed by atoms with Gasteiger partial charge in [-0.2, -0.15) is 0 Å². The fourth-order valence-corrected chi connectivity index (χ4v) is 2.99. The number of hydrazine groups is 1. The van der Waals surface area contributed by atoms with Crippen LogP contribution in [0.25, 0.3) is 0 Å². The molecule has 0 spiro atoms. The number of pyridine rings is 1. The number of nitrogens with zero attached hydrogens (tertiary/aromatic N) is 1. The first kappa shape index (κ1) is 14.8. The smallest absolute Gasteiger partial charge is 0.255 e. The van der Waals surface area contributed by atoms with Gasteiger partial charge < -0.3 is 10.7 Å². The van der Waals surface area contributed by atoms with Crippen molar-refractivity contribution in [3.05, 3.63) is 23.5 Å². The van der Waals surface area contributed by atoms with Crippen LogP contribution in [0.3, 0.4) is 0 Å². The molecule has 1 amide bonds. The van der Waals surface area contributed by atoms with Gasteiger partial charge in [-0.3, -0.25) is 15.6 Å². The zero-order chi connectivity index (χ0) is 14.5. The van der Waals surface area contributed by atoms with Crippen LogP contribution in [0.1, 0.15) is 55.1 Å². The van der Waals surface area contributed by atoms with E-state index in [4.69, 9.17) is 5.84 Å². The number of hydrogen-bond donors (Lipinski definition) is 3. The first-order chi connectivity index (χ1) is 9.65. The van der Waals surface area contributed by atoms with Gasteiger partial charge in [-0.15, -0.1) is 0 Å². The summed E-state index contributed by atoms with van der Waals surface area (Å²) in [6.45, 7) is 4.06. The molecule has 2 unspecified atom stereocenters. The fraction of sp³-hybridized carbons (Fsp3) is 0.600. The van der Waals surface area contributed by atoms with Crippen LogP contribution in [0.2, 0.25) is 0 Å². The van der Waals surface area contributed by atoms with Crippen LogP contribution in [-0.4, -0.2) is 16.9 Å². The third-order valence-corrected chi connectivity index (χ3v) is 4.19. The van der Waals surface area contributed by atoms with Gasteiger partial charge in [0.1, 0.15) is 0 Å². The van der Waals surface area contributed by atoms with Crippen molar-refractivity contribution in [3.63, 3.8) is 0 Å². The van der Waals surface area contributed by atoms with Crippen LogP contribution in [-0.2, 0) is 0 Å². The van der Waals surface area contributed by atoms with Gasteiger partial charge in [0, 0.05) is 17.9 Å². The second kappa shape index (κ2) is 6.70. The molecular formula is C15H24N4O. The van der Waals surface area contributed by atoms with Crippen molar-refractivity contribution in [1.29, 1.82) is 0 Å². The van der Waals surface area contributed by atoms with Crippen LogP contribution in [0.15, 0.2) is 12.3 Å². The minimum absolute atomic E-state index is 0.0872. The van der Waals surface area contributed by atoms with Crippen LogP contribution in [0, 0.1) is 12.8 Å². The minimum atomic E-state index is -0.0872. The summed E-state index contributed by atoms with van der Waals surface area (Å²) in [6.07, 6.45) is 7.43. The van der Waals surface area contributed by atoms with E-state index in [1.807, 2.05) is 6.92 Å². The molecule has 5 nitrogen and oxygen atoms in total. The van der Waals surface area contributed by atoms with E-state index in [9.17, 15) is 4.79 Å². The van der Waals surface area contributed by atoms with Crippen LogP contribution < -0.4 is 16.6 Å². The molecule has 1 saturated carbocycles. The van der Waals surface area contributed by atoms with E-state index >= 15 is 0 Å². The molecule has 1 fully saturated rings. The Labute approximate surface area is 120 Å². The van der Waals surface area contributed by atoms with Gasteiger partial charge in [0.2, 0.25) is 0 Å². The number of nitrogens with one attached hydrogen (secondary N) is 2. The first-order valence-electron chi connectivity index (χ1n) is 7.39. The molecular weight excluding hydrogens is 252 g/mol. The highest BCUT2D eigenvalue weighted by Crippen LogP contribution is 2.27. The van der Waals surface area contributed by atoms with Gasteiger partial charge in [-0.05, 0) is 31.7 Å². The normalized spacial score (nSPS) is 22.4. The quantitative estimate of drug-likeness (QED) is 0.582. The molecule has 20 heavy (non-hydrogen) atoms. The molecule has 5 heteroatoms. The molecule has 0 radical (unpaired) electrons. The summed E-state index contributed by atoms with van der Waals surface area (Å²) in [5, 5.41) is 3.16. The van der Waals surface area contributed by atoms with E-state index in [0.717, 1.165) is 18.5 Å². The summed E-state index contributed by atoms with van der Waals surface area (Å²) in [6, 6.07) is 2.06. The zero-order valence-corrected chi connectivity index (χ0v) is 12.3. The molecule has 0 aliphatic heterocycles. The van der Waals surface area contributed by atoms with Crippen molar-refractivity contribution in [3.8, 4) is 0 Å². The molecule has 4 N–H and O–H groups in total. The average molecular weight is 276 g/mol. The van der Waals surface area contributed by atoms with E-state index in [-0.39, 0.29) is 11.9 Å². The number of carbonyl (C=O) groups is 1. The fourth-order valence-electron chi connectivity index (χ4n) is 2.99. The predicted molar refractivity (Wildman–Crippen MR) is 80.3 cm³/mol. The van der Waals surface area contributed by atoms with Gasteiger partial charge in [-0.25, -0.2) is 0 Å². The van der Waals surface area contributed by atoms with Crippen molar-refractivity contribution < 1.29 is 4.79 Å².